The number of nitrogens with one attached hydrogen (secondary N) is 1. The summed E-state index contributed by atoms with van der Waals surface area (Å²) in [4.78, 5) is 129. The lowest BCUT2D eigenvalue weighted by atomic mass is 9.95. The van der Waals surface area contributed by atoms with E-state index in [0.29, 0.717) is 38.5 Å². The molecule has 1 N–H and O–H groups in total. The van der Waals surface area contributed by atoms with Crippen molar-refractivity contribution in [1.82, 2.24) is 5.32 Å². The van der Waals surface area contributed by atoms with E-state index in [4.69, 9.17) is 52.1 Å². The lowest BCUT2D eigenvalue weighted by Gasteiger charge is -2.45. The third-order valence-corrected chi connectivity index (χ3v) is 15.1. The van der Waals surface area contributed by atoms with Gasteiger partial charge in [0.15, 0.2) is 43.1 Å². The summed E-state index contributed by atoms with van der Waals surface area (Å²) in [5.74, 6) is -5.62. The Bertz CT molecular complexity index is 3700. The van der Waals surface area contributed by atoms with E-state index in [1.54, 1.807) is 212 Å². The van der Waals surface area contributed by atoms with E-state index in [1.165, 1.54) is 20.8 Å². The molecule has 2 fully saturated rings. The highest BCUT2D eigenvalue weighted by Gasteiger charge is 2.55. The number of amides is 1. The molecular formula is C75H75NO21. The molecule has 22 nitrogen and oxygen atoms in total. The van der Waals surface area contributed by atoms with Gasteiger partial charge in [-0.2, -0.15) is 0 Å². The van der Waals surface area contributed by atoms with Crippen LogP contribution in [0.4, 0.5) is 0 Å². The maximum absolute atomic E-state index is 13.6. The predicted molar refractivity (Wildman–Crippen MR) is 348 cm³/mol. The number of hydrogen-bond acceptors (Lipinski definition) is 21. The molecular weight excluding hydrogens is 1250 g/mol. The Balaban J connectivity index is 0.000000249. The standard InChI is InChI=1S/C40H38O11.C35H37NO10/c1-27(41)16-14-15-25-46-40-35(51-39(45)31-23-12-5-13-24-31)34(50-38(44)30-21-10-4-11-22-30)33(49-37(43)29-19-8-3-9-20-29)32(48-40)26-47-36(42)28-17-6-2-7-18-28;1-23(37)14-12-13-21-42-35-29(36-24(2)38)31(46-34(41)27-19-10-5-11-20-27)30(45-33(40)26-17-8-4-9-18-26)28(44-35)22-43-32(39)25-15-6-3-7-16-25/h2-13,17-24,32-35,40H,14-16,25-26H2,1H3;3-11,15-20,28-31,35H,12-14,21-22H2,1-2H3,(H,36,38)/t32?,33-,34+,35?,40+;28?,29?,30-,31+,35+/m10/s1. The monoisotopic (exact) mass is 1330 g/mol. The van der Waals surface area contributed by atoms with Gasteiger partial charge in [0.2, 0.25) is 5.91 Å². The molecule has 0 spiro atoms. The van der Waals surface area contributed by atoms with Crippen LogP contribution in [0.5, 0.6) is 0 Å². The van der Waals surface area contributed by atoms with Crippen molar-refractivity contribution in [3.05, 3.63) is 251 Å². The van der Waals surface area contributed by atoms with Crippen molar-refractivity contribution in [2.45, 2.75) is 121 Å². The van der Waals surface area contributed by atoms with E-state index in [2.05, 4.69) is 5.32 Å². The summed E-state index contributed by atoms with van der Waals surface area (Å²) in [6, 6.07) is 56.2. The van der Waals surface area contributed by atoms with E-state index in [1.807, 2.05) is 0 Å². The largest absolute Gasteiger partial charge is 0.459 e. The van der Waals surface area contributed by atoms with Gasteiger partial charge in [0.05, 0.1) is 38.9 Å². The molecule has 0 aromatic heterocycles. The maximum atomic E-state index is 13.6. The van der Waals surface area contributed by atoms with Gasteiger partial charge < -0.3 is 67.0 Å². The molecule has 0 aliphatic carbocycles. The second-order valence-corrected chi connectivity index (χ2v) is 22.5. The quantitative estimate of drug-likeness (QED) is 0.0259. The van der Waals surface area contributed by atoms with E-state index in [9.17, 15) is 47.9 Å². The van der Waals surface area contributed by atoms with Crippen LogP contribution in [-0.2, 0) is 66.5 Å². The first-order chi connectivity index (χ1) is 47.0. The van der Waals surface area contributed by atoms with Crippen molar-refractivity contribution in [2.24, 2.45) is 0 Å². The molecule has 2 aliphatic heterocycles. The van der Waals surface area contributed by atoms with Crippen LogP contribution in [0.3, 0.4) is 0 Å². The number of carbonyl (C=O) groups is 10. The molecule has 0 saturated carbocycles. The minimum atomic E-state index is -1.51. The van der Waals surface area contributed by atoms with Gasteiger partial charge in [-0.15, -0.1) is 0 Å². The number of Topliss-reactive ketones (excluding diaryl/α,β-unsaturated/α-hetero) is 2. The zero-order valence-electron chi connectivity index (χ0n) is 53.6. The van der Waals surface area contributed by atoms with Gasteiger partial charge in [0, 0.05) is 33.0 Å². The molecule has 7 aromatic rings. The van der Waals surface area contributed by atoms with Gasteiger partial charge >= 0.3 is 41.8 Å². The summed E-state index contributed by atoms with van der Waals surface area (Å²) in [5, 5.41) is 2.73. The van der Waals surface area contributed by atoms with Crippen LogP contribution in [0.1, 0.15) is 132 Å². The number of carbonyl (C=O) groups excluding carboxylic acids is 10. The summed E-state index contributed by atoms with van der Waals surface area (Å²) in [5.41, 5.74) is 1.56. The molecule has 7 aromatic carbocycles. The fourth-order valence-electron chi connectivity index (χ4n) is 10.2. The molecule has 0 radical (unpaired) electrons. The van der Waals surface area contributed by atoms with Crippen LogP contribution in [0.15, 0.2) is 212 Å². The summed E-state index contributed by atoms with van der Waals surface area (Å²) in [6.45, 7) is 3.62. The maximum Gasteiger partial charge on any atom is 0.338 e. The third-order valence-electron chi connectivity index (χ3n) is 15.1. The Morgan fingerprint density at radius 3 is 0.907 bits per heavy atom. The fourth-order valence-corrected chi connectivity index (χ4v) is 10.2. The second-order valence-electron chi connectivity index (χ2n) is 22.5. The summed E-state index contributed by atoms with van der Waals surface area (Å²) in [6.07, 6.45) is -9.38. The molecule has 9 rings (SSSR count). The Morgan fingerprint density at radius 2 is 0.588 bits per heavy atom. The van der Waals surface area contributed by atoms with Gasteiger partial charge in [0.25, 0.3) is 0 Å². The number of benzene rings is 7. The Morgan fingerprint density at radius 1 is 0.320 bits per heavy atom. The first-order valence-electron chi connectivity index (χ1n) is 31.6. The molecule has 10 atom stereocenters. The second kappa shape index (κ2) is 37.5. The van der Waals surface area contributed by atoms with Crippen molar-refractivity contribution >= 4 is 59.3 Å². The van der Waals surface area contributed by atoms with Crippen LogP contribution in [0.25, 0.3) is 0 Å². The van der Waals surface area contributed by atoms with E-state index < -0.39 is 122 Å². The lowest BCUT2D eigenvalue weighted by Crippen LogP contribution is -2.66. The molecule has 0 bridgehead atoms. The average molecular weight is 1330 g/mol. The van der Waals surface area contributed by atoms with Gasteiger partial charge in [-0.05, 0) is 124 Å². The van der Waals surface area contributed by atoms with Gasteiger partial charge in [-0.1, -0.05) is 127 Å². The normalized spacial score (nSPS) is 20.1. The predicted octanol–water partition coefficient (Wildman–Crippen LogP) is 10.3. The summed E-state index contributed by atoms with van der Waals surface area (Å²) < 4.78 is 65.8. The molecule has 506 valence electrons. The van der Waals surface area contributed by atoms with E-state index in [0.717, 1.165) is 0 Å². The number of hydrogen-bond donors (Lipinski definition) is 1. The minimum Gasteiger partial charge on any atom is -0.459 e. The number of rotatable bonds is 29. The van der Waals surface area contributed by atoms with Crippen LogP contribution in [-0.4, -0.2) is 147 Å². The molecule has 2 saturated heterocycles. The molecule has 22 heteroatoms. The van der Waals surface area contributed by atoms with Crippen LogP contribution in [0, 0.1) is 0 Å². The highest BCUT2D eigenvalue weighted by atomic mass is 16.7. The van der Waals surface area contributed by atoms with Crippen LogP contribution >= 0.6 is 0 Å². The van der Waals surface area contributed by atoms with Crippen molar-refractivity contribution in [1.29, 1.82) is 0 Å². The van der Waals surface area contributed by atoms with Crippen molar-refractivity contribution in [3.63, 3.8) is 0 Å². The van der Waals surface area contributed by atoms with Crippen molar-refractivity contribution in [3.8, 4) is 0 Å². The molecule has 1 amide bonds. The van der Waals surface area contributed by atoms with Crippen LogP contribution < -0.4 is 5.32 Å². The smallest absolute Gasteiger partial charge is 0.338 e. The SMILES string of the molecule is CC(=O)CCCCO[C@@H]1OC(COC(=O)c2ccccc2)[C@H](OC(=O)c2ccccc2)[C@H](OC(=O)c2ccccc2)C1NC(C)=O.CC(=O)CCCCO[C@H]1OC(COC(=O)c2ccccc2)[C@@H](OC(=O)c2ccccc2)[C@H](OC(=O)c2ccccc2)C1OC(=O)c1ccccc1. The Kier molecular flexibility index (Phi) is 28.0. The van der Waals surface area contributed by atoms with Crippen molar-refractivity contribution < 1.29 is 100 Å². The Labute approximate surface area is 560 Å². The van der Waals surface area contributed by atoms with Gasteiger partial charge in [-0.25, -0.2) is 33.6 Å². The number of esters is 7. The first-order valence-corrected chi connectivity index (χ1v) is 31.6. The zero-order valence-corrected chi connectivity index (χ0v) is 53.6. The van der Waals surface area contributed by atoms with Gasteiger partial charge in [-0.3, -0.25) is 4.79 Å². The Hall–Kier alpha value is -10.5. The zero-order chi connectivity index (χ0) is 68.9. The highest BCUT2D eigenvalue weighted by Crippen LogP contribution is 2.33. The highest BCUT2D eigenvalue weighted by molar-refractivity contribution is 5.93. The minimum absolute atomic E-state index is 0.0230. The molecule has 2 heterocycles. The molecule has 2 aliphatic rings. The lowest BCUT2D eigenvalue weighted by molar-refractivity contribution is -0.298. The average Bonchev–Trinajstić information content (AvgIpc) is 0.791. The van der Waals surface area contributed by atoms with Crippen molar-refractivity contribution in [2.75, 3.05) is 26.4 Å². The topological polar surface area (TPSA) is 284 Å². The summed E-state index contributed by atoms with van der Waals surface area (Å²) in [7, 11) is 0. The third kappa shape index (κ3) is 22.3. The molecule has 4 unspecified atom stereocenters. The number of unbranched alkanes of at least 4 members (excludes halogenated alkanes) is 2. The van der Waals surface area contributed by atoms with E-state index >= 15 is 0 Å². The summed E-state index contributed by atoms with van der Waals surface area (Å²) >= 11 is 0. The molecule has 97 heavy (non-hydrogen) atoms. The van der Waals surface area contributed by atoms with Crippen LogP contribution in [0.2, 0.25) is 0 Å². The van der Waals surface area contributed by atoms with Gasteiger partial charge in [0.1, 0.15) is 43.0 Å². The fraction of sp³-hybridized carbons (Fsp3) is 0.307. The number of ether oxygens (including phenoxy) is 11. The first kappa shape index (κ1) is 72.3. The van der Waals surface area contributed by atoms with E-state index in [-0.39, 0.29) is 63.7 Å². The number of ketones is 2.